The van der Waals surface area contributed by atoms with E-state index in [-0.39, 0.29) is 18.1 Å². The minimum Gasteiger partial charge on any atom is -0.390 e. The van der Waals surface area contributed by atoms with Crippen LogP contribution in [0.1, 0.15) is 38.9 Å². The molecule has 1 saturated heterocycles. The van der Waals surface area contributed by atoms with Gasteiger partial charge < -0.3 is 14.7 Å². The fourth-order valence-electron chi connectivity index (χ4n) is 2.57. The van der Waals surface area contributed by atoms with Crippen LogP contribution in [0.2, 0.25) is 0 Å². The molecular formula is C16H23NO3. The van der Waals surface area contributed by atoms with Crippen molar-refractivity contribution in [1.82, 2.24) is 4.90 Å². The largest absolute Gasteiger partial charge is 0.390 e. The third kappa shape index (κ3) is 3.19. The van der Waals surface area contributed by atoms with Gasteiger partial charge in [0.05, 0.1) is 11.6 Å². The van der Waals surface area contributed by atoms with Gasteiger partial charge in [0, 0.05) is 13.5 Å². The zero-order valence-corrected chi connectivity index (χ0v) is 12.5. The van der Waals surface area contributed by atoms with Gasteiger partial charge in [0.25, 0.3) is 5.91 Å². The lowest BCUT2D eigenvalue weighted by Gasteiger charge is -2.42. The summed E-state index contributed by atoms with van der Waals surface area (Å²) in [6, 6.07) is 9.88. The van der Waals surface area contributed by atoms with Gasteiger partial charge >= 0.3 is 0 Å². The number of aliphatic hydroxyl groups is 1. The predicted octanol–water partition coefficient (Wildman–Crippen LogP) is 2.13. The number of amides is 1. The fourth-order valence-corrected chi connectivity index (χ4v) is 2.57. The number of rotatable bonds is 3. The molecule has 1 aliphatic rings. The molecule has 110 valence electrons. The highest BCUT2D eigenvalue weighted by Gasteiger charge is 2.40. The highest BCUT2D eigenvalue weighted by molar-refractivity contribution is 5.82. The van der Waals surface area contributed by atoms with Crippen molar-refractivity contribution in [2.24, 2.45) is 0 Å². The van der Waals surface area contributed by atoms with Crippen molar-refractivity contribution in [1.29, 1.82) is 0 Å². The quantitative estimate of drug-likeness (QED) is 0.921. The molecule has 1 fully saturated rings. The monoisotopic (exact) mass is 277 g/mol. The zero-order chi connectivity index (χ0) is 14.9. The Morgan fingerprint density at radius 2 is 1.90 bits per heavy atom. The fraction of sp³-hybridized carbons (Fsp3) is 0.562. The highest BCUT2D eigenvalue weighted by atomic mass is 16.5. The molecule has 4 nitrogen and oxygen atoms in total. The number of benzene rings is 1. The van der Waals surface area contributed by atoms with Crippen LogP contribution in [0.3, 0.4) is 0 Å². The first-order chi connectivity index (χ1) is 9.29. The van der Waals surface area contributed by atoms with Gasteiger partial charge in [-0.15, -0.1) is 0 Å². The van der Waals surface area contributed by atoms with Crippen LogP contribution in [0.25, 0.3) is 0 Å². The van der Waals surface area contributed by atoms with E-state index in [0.717, 1.165) is 5.56 Å². The molecule has 1 aromatic carbocycles. The third-order valence-corrected chi connectivity index (χ3v) is 3.80. The van der Waals surface area contributed by atoms with Crippen LogP contribution in [0.15, 0.2) is 30.3 Å². The number of hydrogen-bond donors (Lipinski definition) is 1. The minimum absolute atomic E-state index is 0.0250. The summed E-state index contributed by atoms with van der Waals surface area (Å²) < 4.78 is 5.99. The first-order valence-electron chi connectivity index (χ1n) is 6.99. The van der Waals surface area contributed by atoms with Gasteiger partial charge in [0.2, 0.25) is 0 Å². The van der Waals surface area contributed by atoms with Gasteiger partial charge in [0.1, 0.15) is 12.2 Å². The van der Waals surface area contributed by atoms with E-state index in [1.165, 1.54) is 0 Å². The molecule has 0 spiro atoms. The molecule has 1 aromatic rings. The van der Waals surface area contributed by atoms with Crippen LogP contribution >= 0.6 is 0 Å². The molecule has 0 unspecified atom stereocenters. The van der Waals surface area contributed by atoms with Crippen LogP contribution < -0.4 is 0 Å². The molecule has 20 heavy (non-hydrogen) atoms. The number of morpholine rings is 1. The Labute approximate surface area is 120 Å². The molecule has 3 atom stereocenters. The maximum Gasteiger partial charge on any atom is 0.251 e. The van der Waals surface area contributed by atoms with E-state index in [4.69, 9.17) is 4.74 Å². The van der Waals surface area contributed by atoms with Gasteiger partial charge in [-0.2, -0.15) is 0 Å². The summed E-state index contributed by atoms with van der Waals surface area (Å²) >= 11 is 0. The third-order valence-electron chi connectivity index (χ3n) is 3.80. The van der Waals surface area contributed by atoms with Crippen molar-refractivity contribution < 1.29 is 14.6 Å². The van der Waals surface area contributed by atoms with Gasteiger partial charge in [-0.25, -0.2) is 0 Å². The molecule has 1 aliphatic heterocycles. The first-order valence-corrected chi connectivity index (χ1v) is 6.99. The number of carbonyl (C=O) groups is 1. The van der Waals surface area contributed by atoms with Crippen molar-refractivity contribution in [3.63, 3.8) is 0 Å². The Balaban J connectivity index is 2.24. The van der Waals surface area contributed by atoms with Crippen LogP contribution in [0.5, 0.6) is 0 Å². The molecule has 0 saturated carbocycles. The number of hydrogen-bond acceptors (Lipinski definition) is 3. The topological polar surface area (TPSA) is 49.8 Å². The molecule has 1 N–H and O–H groups in total. The number of likely N-dealkylation sites (N-methyl/N-ethyl adjacent to an activating group) is 1. The van der Waals surface area contributed by atoms with Crippen LogP contribution in [0, 0.1) is 0 Å². The summed E-state index contributed by atoms with van der Waals surface area (Å²) in [6.45, 7) is 5.37. The Hall–Kier alpha value is -1.39. The van der Waals surface area contributed by atoms with Crippen LogP contribution in [-0.2, 0) is 9.53 Å². The van der Waals surface area contributed by atoms with Crippen molar-refractivity contribution in [3.05, 3.63) is 35.9 Å². The van der Waals surface area contributed by atoms with E-state index >= 15 is 0 Å². The lowest BCUT2D eigenvalue weighted by atomic mass is 9.94. The average Bonchev–Trinajstić information content (AvgIpc) is 2.39. The molecule has 4 heteroatoms. The van der Waals surface area contributed by atoms with E-state index in [9.17, 15) is 9.90 Å². The molecule has 0 bridgehead atoms. The van der Waals surface area contributed by atoms with Gasteiger partial charge in [-0.1, -0.05) is 30.3 Å². The average molecular weight is 277 g/mol. The van der Waals surface area contributed by atoms with Crippen LogP contribution in [-0.4, -0.2) is 40.7 Å². The van der Waals surface area contributed by atoms with E-state index in [1.807, 2.05) is 37.3 Å². The zero-order valence-electron chi connectivity index (χ0n) is 12.5. The van der Waals surface area contributed by atoms with Crippen molar-refractivity contribution in [2.45, 2.75) is 51.0 Å². The lowest BCUT2D eigenvalue weighted by Crippen LogP contribution is -2.53. The Morgan fingerprint density at radius 1 is 1.30 bits per heavy atom. The molecule has 0 radical (unpaired) electrons. The first kappa shape index (κ1) is 15.0. The molecule has 1 amide bonds. The van der Waals surface area contributed by atoms with E-state index in [1.54, 1.807) is 25.8 Å². The standard InChI is InChI=1S/C16H23NO3/c1-11-14(12-8-6-5-7-9-12)20-13(10-16(2,3)19)15(18)17(11)4/h5-9,11,13-14,19H,10H2,1-4H3/t11-,13-,14-/m0/s1. The lowest BCUT2D eigenvalue weighted by molar-refractivity contribution is -0.175. The van der Waals surface area contributed by atoms with Gasteiger partial charge in [-0.05, 0) is 26.3 Å². The van der Waals surface area contributed by atoms with Crippen molar-refractivity contribution in [3.8, 4) is 0 Å². The maximum atomic E-state index is 12.3. The van der Waals surface area contributed by atoms with E-state index in [2.05, 4.69) is 0 Å². The Bertz CT molecular complexity index is 466. The molecule has 0 aliphatic carbocycles. The van der Waals surface area contributed by atoms with E-state index in [0.29, 0.717) is 6.42 Å². The second-order valence-corrected chi connectivity index (χ2v) is 6.16. The molecule has 0 aromatic heterocycles. The smallest absolute Gasteiger partial charge is 0.251 e. The Kier molecular flexibility index (Phi) is 4.16. The van der Waals surface area contributed by atoms with Crippen molar-refractivity contribution >= 4 is 5.91 Å². The van der Waals surface area contributed by atoms with Crippen molar-refractivity contribution in [2.75, 3.05) is 7.05 Å². The maximum absolute atomic E-state index is 12.3. The van der Waals surface area contributed by atoms with Crippen LogP contribution in [0.4, 0.5) is 0 Å². The summed E-state index contributed by atoms with van der Waals surface area (Å²) in [6.07, 6.45) is -0.459. The van der Waals surface area contributed by atoms with Gasteiger partial charge in [-0.3, -0.25) is 4.79 Å². The summed E-state index contributed by atoms with van der Waals surface area (Å²) in [5.41, 5.74) is 0.128. The second-order valence-electron chi connectivity index (χ2n) is 6.16. The normalized spacial score (nSPS) is 27.8. The number of ether oxygens (including phenoxy) is 1. The summed E-state index contributed by atoms with van der Waals surface area (Å²) in [7, 11) is 1.79. The SMILES string of the molecule is C[C@H]1[C@@H](c2ccccc2)O[C@@H](CC(C)(C)O)C(=O)N1C. The highest BCUT2D eigenvalue weighted by Crippen LogP contribution is 2.33. The summed E-state index contributed by atoms with van der Waals surface area (Å²) in [4.78, 5) is 14.0. The molecule has 2 rings (SSSR count). The number of nitrogens with zero attached hydrogens (tertiary/aromatic N) is 1. The molecule has 1 heterocycles. The summed E-state index contributed by atoms with van der Waals surface area (Å²) in [5, 5.41) is 9.95. The molecular weight excluding hydrogens is 254 g/mol. The van der Waals surface area contributed by atoms with E-state index < -0.39 is 11.7 Å². The Morgan fingerprint density at radius 3 is 2.45 bits per heavy atom. The second kappa shape index (κ2) is 5.54. The minimum atomic E-state index is -0.928. The van der Waals surface area contributed by atoms with Gasteiger partial charge in [0.15, 0.2) is 0 Å². The predicted molar refractivity (Wildman–Crippen MR) is 77.2 cm³/mol. The number of carbonyl (C=O) groups excluding carboxylic acids is 1. The summed E-state index contributed by atoms with van der Waals surface area (Å²) in [5.74, 6) is -0.0631.